The lowest BCUT2D eigenvalue weighted by molar-refractivity contribution is -0.134. The molecule has 0 radical (unpaired) electrons. The van der Waals surface area contributed by atoms with Crippen LogP contribution in [0.25, 0.3) is 0 Å². The summed E-state index contributed by atoms with van der Waals surface area (Å²) in [5.74, 6) is 0.688. The van der Waals surface area contributed by atoms with Gasteiger partial charge in [0.1, 0.15) is 0 Å². The van der Waals surface area contributed by atoms with Crippen LogP contribution in [0.1, 0.15) is 57.4 Å². The number of amides is 1. The highest BCUT2D eigenvalue weighted by Gasteiger charge is 2.33. The van der Waals surface area contributed by atoms with Crippen molar-refractivity contribution in [3.8, 4) is 0 Å². The molecular formula is C19H29NO2. The van der Waals surface area contributed by atoms with E-state index in [2.05, 4.69) is 38.1 Å². The third kappa shape index (κ3) is 4.10. The Morgan fingerprint density at radius 1 is 1.27 bits per heavy atom. The summed E-state index contributed by atoms with van der Waals surface area (Å²) in [4.78, 5) is 14.4. The molecule has 1 N–H and O–H groups in total. The lowest BCUT2D eigenvalue weighted by Gasteiger charge is -2.40. The summed E-state index contributed by atoms with van der Waals surface area (Å²) < 4.78 is 0. The molecule has 1 aliphatic rings. The lowest BCUT2D eigenvalue weighted by atomic mass is 9.77. The molecule has 1 amide bonds. The van der Waals surface area contributed by atoms with E-state index in [0.29, 0.717) is 12.3 Å². The molecule has 3 nitrogen and oxygen atoms in total. The number of piperidine rings is 1. The number of benzene rings is 1. The highest BCUT2D eigenvalue weighted by Crippen LogP contribution is 2.34. The first-order chi connectivity index (χ1) is 10.6. The molecule has 1 atom stereocenters. The molecule has 0 aliphatic carbocycles. The van der Waals surface area contributed by atoms with Crippen LogP contribution in [0.3, 0.4) is 0 Å². The largest absolute Gasteiger partial charge is 0.396 e. The maximum Gasteiger partial charge on any atom is 0.222 e. The molecule has 2 rings (SSSR count). The van der Waals surface area contributed by atoms with Gasteiger partial charge >= 0.3 is 0 Å². The molecule has 0 aromatic heterocycles. The molecule has 22 heavy (non-hydrogen) atoms. The first kappa shape index (κ1) is 17.0. The van der Waals surface area contributed by atoms with Gasteiger partial charge in [0.25, 0.3) is 0 Å². The van der Waals surface area contributed by atoms with Gasteiger partial charge in [-0.05, 0) is 42.6 Å². The van der Waals surface area contributed by atoms with Crippen molar-refractivity contribution in [2.75, 3.05) is 19.7 Å². The fraction of sp³-hybridized carbons (Fsp3) is 0.632. The van der Waals surface area contributed by atoms with Crippen LogP contribution in [-0.4, -0.2) is 35.6 Å². The number of hydrogen-bond acceptors (Lipinski definition) is 2. The highest BCUT2D eigenvalue weighted by molar-refractivity contribution is 5.76. The molecule has 0 bridgehead atoms. The predicted molar refractivity (Wildman–Crippen MR) is 89.7 cm³/mol. The fourth-order valence-electron chi connectivity index (χ4n) is 3.30. The van der Waals surface area contributed by atoms with Gasteiger partial charge in [-0.3, -0.25) is 4.79 Å². The number of carbonyl (C=O) groups excluding carboxylic acids is 1. The zero-order chi connectivity index (χ0) is 16.0. The molecule has 122 valence electrons. The molecule has 1 unspecified atom stereocenters. The van der Waals surface area contributed by atoms with Gasteiger partial charge in [-0.25, -0.2) is 0 Å². The topological polar surface area (TPSA) is 40.5 Å². The summed E-state index contributed by atoms with van der Waals surface area (Å²) >= 11 is 0. The predicted octanol–water partition coefficient (Wildman–Crippen LogP) is 3.58. The van der Waals surface area contributed by atoms with Crippen LogP contribution in [-0.2, 0) is 4.79 Å². The molecular weight excluding hydrogens is 274 g/mol. The Labute approximate surface area is 134 Å². The molecule has 1 saturated heterocycles. The summed E-state index contributed by atoms with van der Waals surface area (Å²) in [7, 11) is 0. The van der Waals surface area contributed by atoms with E-state index in [0.717, 1.165) is 38.8 Å². The summed E-state index contributed by atoms with van der Waals surface area (Å²) in [6.07, 6.45) is 4.38. The third-order valence-electron chi connectivity index (χ3n) is 5.42. The van der Waals surface area contributed by atoms with Crippen LogP contribution in [0.15, 0.2) is 30.3 Å². The average molecular weight is 303 g/mol. The number of hydrogen-bond donors (Lipinski definition) is 1. The van der Waals surface area contributed by atoms with Crippen LogP contribution in [0.2, 0.25) is 0 Å². The van der Waals surface area contributed by atoms with Crippen LogP contribution < -0.4 is 0 Å². The summed E-state index contributed by atoms with van der Waals surface area (Å²) in [5, 5.41) is 9.57. The first-order valence-electron chi connectivity index (χ1n) is 8.54. The van der Waals surface area contributed by atoms with Crippen molar-refractivity contribution in [1.29, 1.82) is 0 Å². The van der Waals surface area contributed by atoms with Gasteiger partial charge in [-0.15, -0.1) is 0 Å². The number of nitrogens with zero attached hydrogens (tertiary/aromatic N) is 1. The van der Waals surface area contributed by atoms with Crippen LogP contribution in [0.4, 0.5) is 0 Å². The minimum atomic E-state index is 0.0497. The van der Waals surface area contributed by atoms with Crippen LogP contribution in [0.5, 0.6) is 0 Å². The van der Waals surface area contributed by atoms with E-state index in [-0.39, 0.29) is 17.9 Å². The van der Waals surface area contributed by atoms with E-state index in [1.165, 1.54) is 5.56 Å². The second kappa shape index (κ2) is 7.77. The molecule has 0 spiro atoms. The quantitative estimate of drug-likeness (QED) is 0.872. The Morgan fingerprint density at radius 3 is 2.45 bits per heavy atom. The molecule has 1 aliphatic heterocycles. The molecule has 1 fully saturated rings. The second-order valence-corrected chi connectivity index (χ2v) is 6.74. The summed E-state index contributed by atoms with van der Waals surface area (Å²) in [6.45, 7) is 6.17. The third-order valence-corrected chi connectivity index (χ3v) is 5.42. The van der Waals surface area contributed by atoms with E-state index in [4.69, 9.17) is 0 Å². The zero-order valence-electron chi connectivity index (χ0n) is 13.9. The second-order valence-electron chi connectivity index (χ2n) is 6.74. The van der Waals surface area contributed by atoms with Gasteiger partial charge < -0.3 is 10.0 Å². The normalized spacial score (nSPS) is 19.0. The Bertz CT molecular complexity index is 458. The van der Waals surface area contributed by atoms with Crippen molar-refractivity contribution in [1.82, 2.24) is 4.90 Å². The smallest absolute Gasteiger partial charge is 0.222 e. The van der Waals surface area contributed by atoms with E-state index in [1.807, 2.05) is 11.0 Å². The Morgan fingerprint density at radius 2 is 1.91 bits per heavy atom. The van der Waals surface area contributed by atoms with Gasteiger partial charge in [0.15, 0.2) is 0 Å². The van der Waals surface area contributed by atoms with Crippen molar-refractivity contribution in [3.05, 3.63) is 35.9 Å². The molecule has 1 heterocycles. The van der Waals surface area contributed by atoms with Crippen molar-refractivity contribution < 1.29 is 9.90 Å². The minimum absolute atomic E-state index is 0.0497. The standard InChI is InChI=1S/C19H29NO2/c1-3-19(15-21)11-13-20(14-12-19)18(22)10-9-16(2)17-7-5-4-6-8-17/h4-8,16,21H,3,9-15H2,1-2H3. The van der Waals surface area contributed by atoms with Gasteiger partial charge in [0, 0.05) is 26.1 Å². The fourth-order valence-corrected chi connectivity index (χ4v) is 3.30. The number of likely N-dealkylation sites (tertiary alicyclic amines) is 1. The van der Waals surface area contributed by atoms with Crippen molar-refractivity contribution in [2.24, 2.45) is 5.41 Å². The van der Waals surface area contributed by atoms with E-state index < -0.39 is 0 Å². The van der Waals surface area contributed by atoms with Crippen LogP contribution >= 0.6 is 0 Å². The number of rotatable bonds is 6. The molecule has 0 saturated carbocycles. The summed E-state index contributed by atoms with van der Waals surface area (Å²) in [6, 6.07) is 10.4. The highest BCUT2D eigenvalue weighted by atomic mass is 16.3. The summed E-state index contributed by atoms with van der Waals surface area (Å²) in [5.41, 5.74) is 1.35. The van der Waals surface area contributed by atoms with Gasteiger partial charge in [0.05, 0.1) is 0 Å². The molecule has 1 aromatic carbocycles. The van der Waals surface area contributed by atoms with E-state index in [1.54, 1.807) is 0 Å². The van der Waals surface area contributed by atoms with Gasteiger partial charge in [-0.1, -0.05) is 44.2 Å². The monoisotopic (exact) mass is 303 g/mol. The Kier molecular flexibility index (Phi) is 6.01. The SMILES string of the molecule is CCC1(CO)CCN(C(=O)CCC(C)c2ccccc2)CC1. The van der Waals surface area contributed by atoms with E-state index in [9.17, 15) is 9.90 Å². The van der Waals surface area contributed by atoms with E-state index >= 15 is 0 Å². The van der Waals surface area contributed by atoms with Gasteiger partial charge in [-0.2, -0.15) is 0 Å². The number of carbonyl (C=O) groups is 1. The van der Waals surface area contributed by atoms with Crippen molar-refractivity contribution >= 4 is 5.91 Å². The van der Waals surface area contributed by atoms with Crippen molar-refractivity contribution in [3.63, 3.8) is 0 Å². The number of aliphatic hydroxyl groups excluding tert-OH is 1. The van der Waals surface area contributed by atoms with Crippen LogP contribution in [0, 0.1) is 5.41 Å². The first-order valence-corrected chi connectivity index (χ1v) is 8.54. The Hall–Kier alpha value is -1.35. The molecule has 1 aromatic rings. The molecule has 3 heteroatoms. The zero-order valence-corrected chi connectivity index (χ0v) is 13.9. The van der Waals surface area contributed by atoms with Crippen molar-refractivity contribution in [2.45, 2.75) is 51.9 Å². The maximum absolute atomic E-state index is 12.4. The lowest BCUT2D eigenvalue weighted by Crippen LogP contribution is -2.44. The minimum Gasteiger partial charge on any atom is -0.396 e. The van der Waals surface area contributed by atoms with Gasteiger partial charge in [0.2, 0.25) is 5.91 Å². The average Bonchev–Trinajstić information content (AvgIpc) is 2.60. The number of aliphatic hydroxyl groups is 1. The Balaban J connectivity index is 1.79. The maximum atomic E-state index is 12.4.